The maximum absolute atomic E-state index is 10.4. The minimum absolute atomic E-state index is 0.0844. The topological polar surface area (TPSA) is 48.5 Å². The van der Waals surface area contributed by atoms with Gasteiger partial charge in [0.1, 0.15) is 0 Å². The molecule has 0 unspecified atom stereocenters. The van der Waals surface area contributed by atoms with Crippen molar-refractivity contribution in [2.45, 2.75) is 0 Å². The van der Waals surface area contributed by atoms with Gasteiger partial charge in [0.25, 0.3) is 0 Å². The Labute approximate surface area is 350 Å². The van der Waals surface area contributed by atoms with Crippen LogP contribution < -0.4 is 0 Å². The fourth-order valence-electron chi connectivity index (χ4n) is 7.29. The zero-order chi connectivity index (χ0) is 55.0. The zero-order valence-corrected chi connectivity index (χ0v) is 28.5. The Morgan fingerprint density at radius 1 is 0.339 bits per heavy atom. The van der Waals surface area contributed by atoms with Gasteiger partial charge in [-0.3, -0.25) is 4.57 Å². The van der Waals surface area contributed by atoms with Gasteiger partial charge in [0, 0.05) is 38.4 Å². The molecule has 0 aliphatic rings. The number of hydrogen-bond donors (Lipinski definition) is 0. The summed E-state index contributed by atoms with van der Waals surface area (Å²) in [7, 11) is 0. The monoisotopic (exact) mass is 734 g/mol. The molecule has 0 fully saturated rings. The molecule has 0 radical (unpaired) electrons. The maximum Gasteiger partial charge on any atom is 0.238 e. The molecule has 5 heteroatoms. The molecule has 0 amide bonds. The fourth-order valence-corrected chi connectivity index (χ4v) is 7.29. The van der Waals surface area contributed by atoms with Gasteiger partial charge in [0.05, 0.1) is 50.9 Å². The van der Waals surface area contributed by atoms with Crippen LogP contribution in [0.4, 0.5) is 0 Å². The summed E-state index contributed by atoms with van der Waals surface area (Å²) in [4.78, 5) is 14.4. The Balaban J connectivity index is 1.37. The van der Waals surface area contributed by atoms with Crippen molar-refractivity contribution >= 4 is 75.9 Å². The molecule has 3 heterocycles. The van der Waals surface area contributed by atoms with Gasteiger partial charge in [0.2, 0.25) is 5.95 Å². The van der Waals surface area contributed by atoms with Gasteiger partial charge in [-0.1, -0.05) is 151 Å². The van der Waals surface area contributed by atoms with E-state index in [1.165, 1.54) is 0 Å². The molecule has 0 N–H and O–H groups in total. The number of nitrogens with zero attached hydrogens (tertiary/aromatic N) is 5. The van der Waals surface area contributed by atoms with Crippen LogP contribution in [0.5, 0.6) is 0 Å². The van der Waals surface area contributed by atoms with Crippen LogP contribution in [0.3, 0.4) is 0 Å². The van der Waals surface area contributed by atoms with Crippen molar-refractivity contribution in [2.75, 3.05) is 0 Å². The Bertz CT molecular complexity index is 4650. The van der Waals surface area contributed by atoms with E-state index in [1.54, 1.807) is 60.7 Å². The molecule has 0 saturated heterocycles. The zero-order valence-electron chi connectivity index (χ0n) is 49.5. The predicted octanol–water partition coefficient (Wildman–Crippen LogP) is 12.9. The van der Waals surface area contributed by atoms with Crippen molar-refractivity contribution in [3.8, 4) is 34.4 Å². The average Bonchev–Trinajstić information content (AvgIpc) is 4.14. The van der Waals surface area contributed by atoms with Crippen LogP contribution in [-0.2, 0) is 0 Å². The van der Waals surface area contributed by atoms with E-state index in [0.717, 1.165) is 9.13 Å². The van der Waals surface area contributed by atoms with Crippen molar-refractivity contribution in [1.29, 1.82) is 0 Å². The minimum Gasteiger partial charge on any atom is -0.309 e. The highest BCUT2D eigenvalue weighted by Crippen LogP contribution is 2.41. The summed E-state index contributed by atoms with van der Waals surface area (Å²) < 4.78 is 196. The highest BCUT2D eigenvalue weighted by molar-refractivity contribution is 6.26. The summed E-state index contributed by atoms with van der Waals surface area (Å²) in [5.74, 6) is -0.136. The van der Waals surface area contributed by atoms with Crippen molar-refractivity contribution in [2.24, 2.45) is 0 Å². The second-order valence-corrected chi connectivity index (χ2v) is 12.8. The molecule has 0 spiro atoms. The van der Waals surface area contributed by atoms with Crippen LogP contribution in [0.15, 0.2) is 188 Å². The summed E-state index contributed by atoms with van der Waals surface area (Å²) in [5, 5.41) is -4.25. The molecule has 56 heavy (non-hydrogen) atoms. The average molecular weight is 735 g/mol. The van der Waals surface area contributed by atoms with E-state index in [2.05, 4.69) is 0 Å². The first kappa shape index (κ1) is 16.8. The Morgan fingerprint density at radius 2 is 0.786 bits per heavy atom. The van der Waals surface area contributed by atoms with Crippen molar-refractivity contribution in [1.82, 2.24) is 24.1 Å². The summed E-state index contributed by atoms with van der Waals surface area (Å²) in [6.07, 6.45) is 0. The number of benzene rings is 9. The lowest BCUT2D eigenvalue weighted by atomic mass is 9.94. The van der Waals surface area contributed by atoms with E-state index in [1.807, 2.05) is 0 Å². The lowest BCUT2D eigenvalue weighted by Crippen LogP contribution is -2.06. The van der Waals surface area contributed by atoms with Gasteiger partial charge in [-0.25, -0.2) is 4.98 Å². The van der Waals surface area contributed by atoms with Crippen molar-refractivity contribution < 1.29 is 28.8 Å². The Hall–Kier alpha value is -7.63. The smallest absolute Gasteiger partial charge is 0.238 e. The van der Waals surface area contributed by atoms with E-state index in [0.29, 0.717) is 11.1 Å². The first-order chi connectivity index (χ1) is 36.5. The molecule has 0 aliphatic carbocycles. The van der Waals surface area contributed by atoms with Gasteiger partial charge in [0.15, 0.2) is 11.6 Å². The number of aromatic nitrogens is 5. The molecule has 5 nitrogen and oxygen atoms in total. The SMILES string of the molecule is [2H]c1c([2H])c([2H])c2c(c1[2H])c1c([2H])c([2H])c([2H])c([2H])c1c1c([2H])c(-n3c4c([2H])c([2H])c([2H])c([2H])c4c4c([2H])c5c6c([2H])c([2H])c([2H])c([2H])c6n(-c6nc(-c7ccccc7)nc(-c7ccccc7)n6)c5c([2H])c43)c([2H])c([2H])c21. The van der Waals surface area contributed by atoms with Crippen LogP contribution in [0.2, 0.25) is 0 Å². The third-order valence-corrected chi connectivity index (χ3v) is 9.73. The Morgan fingerprint density at radius 3 is 1.34 bits per heavy atom. The van der Waals surface area contributed by atoms with E-state index < -0.39 is 187 Å². The predicted molar refractivity (Wildman–Crippen MR) is 232 cm³/mol. The van der Waals surface area contributed by atoms with Gasteiger partial charge in [-0.2, -0.15) is 9.97 Å². The first-order valence-corrected chi connectivity index (χ1v) is 17.3. The second-order valence-electron chi connectivity index (χ2n) is 12.8. The largest absolute Gasteiger partial charge is 0.309 e. The summed E-state index contributed by atoms with van der Waals surface area (Å²) in [6, 6.07) is 1.28. The molecule has 260 valence electrons. The third kappa shape index (κ3) is 4.52. The summed E-state index contributed by atoms with van der Waals surface area (Å²) in [5.41, 5.74) is -1.42. The molecule has 12 rings (SSSR count). The summed E-state index contributed by atoms with van der Waals surface area (Å²) >= 11 is 0. The number of para-hydroxylation sites is 2. The molecular formula is C51H31N5. The molecule has 0 aliphatic heterocycles. The molecule has 3 aromatic heterocycles. The first-order valence-electron chi connectivity index (χ1n) is 27.8. The van der Waals surface area contributed by atoms with Crippen LogP contribution in [0.1, 0.15) is 28.8 Å². The highest BCUT2D eigenvalue weighted by Gasteiger charge is 2.21. The lowest BCUT2D eigenvalue weighted by molar-refractivity contribution is 0.953. The van der Waals surface area contributed by atoms with Gasteiger partial charge >= 0.3 is 0 Å². The molecule has 0 atom stereocenters. The standard InChI is InChI=1S/C51H31N5/c1-3-15-32(16-4-1)49-52-50(33-17-5-2-6-18-33)54-51(53-49)56-46-26-14-12-24-41(46)44-30-43-40-23-11-13-25-45(40)55(47(43)31-48(44)56)34-27-28-39-37-21-8-7-19-35(37)36-20-9-10-22-38(36)42(39)29-34/h1-31H/i7D,8D,9D,10D,11D,12D,13D,14D,19D,20D,21D,22D,23D,24D,25D,26D,27D,28D,29D,30D,31D. The molecule has 12 aromatic rings. The molecule has 0 bridgehead atoms. The summed E-state index contributed by atoms with van der Waals surface area (Å²) in [6.45, 7) is 0. The van der Waals surface area contributed by atoms with Gasteiger partial charge < -0.3 is 4.57 Å². The van der Waals surface area contributed by atoms with Crippen LogP contribution in [0.25, 0.3) is 110 Å². The van der Waals surface area contributed by atoms with E-state index in [9.17, 15) is 13.7 Å². The van der Waals surface area contributed by atoms with Gasteiger partial charge in [-0.15, -0.1) is 0 Å². The second kappa shape index (κ2) is 11.9. The van der Waals surface area contributed by atoms with Crippen molar-refractivity contribution in [3.63, 3.8) is 0 Å². The third-order valence-electron chi connectivity index (χ3n) is 9.73. The maximum atomic E-state index is 10.4. The van der Waals surface area contributed by atoms with Crippen molar-refractivity contribution in [3.05, 3.63) is 188 Å². The van der Waals surface area contributed by atoms with Crippen LogP contribution in [-0.4, -0.2) is 24.1 Å². The number of rotatable bonds is 4. The molecular weight excluding hydrogens is 683 g/mol. The van der Waals surface area contributed by atoms with E-state index in [4.69, 9.17) is 30.0 Å². The quantitative estimate of drug-likeness (QED) is 0.169. The normalized spacial score (nSPS) is 17.2. The minimum atomic E-state index is -0.911. The molecule has 9 aromatic carbocycles. The Kier molecular flexibility index (Phi) is 3.58. The fraction of sp³-hybridized carbons (Fsp3) is 0. The highest BCUT2D eigenvalue weighted by atomic mass is 15.2. The number of fused-ring (bicyclic) bond motifs is 12. The molecule has 0 saturated carbocycles. The lowest BCUT2D eigenvalue weighted by Gasteiger charge is -2.14. The van der Waals surface area contributed by atoms with Crippen LogP contribution in [0, 0.1) is 0 Å². The van der Waals surface area contributed by atoms with Crippen LogP contribution >= 0.6 is 0 Å². The van der Waals surface area contributed by atoms with Gasteiger partial charge in [-0.05, 0) is 68.6 Å². The van der Waals surface area contributed by atoms with E-state index in [-0.39, 0.29) is 39.4 Å². The number of hydrogen-bond acceptors (Lipinski definition) is 3. The van der Waals surface area contributed by atoms with E-state index >= 15 is 0 Å².